The van der Waals surface area contributed by atoms with Gasteiger partial charge in [-0.05, 0) is 25.1 Å². The number of hydrogen-bond donors (Lipinski definition) is 1. The van der Waals surface area contributed by atoms with E-state index >= 15 is 0 Å². The zero-order valence-electron chi connectivity index (χ0n) is 10.9. The molecule has 7 heteroatoms. The number of aryl methyl sites for hydroxylation is 1. The number of halogens is 2. The van der Waals surface area contributed by atoms with Crippen LogP contribution in [0, 0.1) is 18.6 Å². The van der Waals surface area contributed by atoms with Crippen molar-refractivity contribution in [3.63, 3.8) is 0 Å². The van der Waals surface area contributed by atoms with Gasteiger partial charge in [0.15, 0.2) is 17.9 Å². The minimum Gasteiger partial charge on any atom is -0.298 e. The van der Waals surface area contributed by atoms with Gasteiger partial charge in [0.25, 0.3) is 10.0 Å². The van der Waals surface area contributed by atoms with E-state index in [2.05, 4.69) is 4.72 Å². The SMILES string of the molecule is Cc1ccc(S(=O)(=O)Nc2cc(F)c(F)cc2C=O)cc1. The van der Waals surface area contributed by atoms with Crippen LogP contribution in [0.3, 0.4) is 0 Å². The number of anilines is 1. The van der Waals surface area contributed by atoms with Gasteiger partial charge in [0, 0.05) is 11.6 Å². The van der Waals surface area contributed by atoms with Crippen LogP contribution in [-0.4, -0.2) is 14.7 Å². The largest absolute Gasteiger partial charge is 0.298 e. The van der Waals surface area contributed by atoms with Crippen LogP contribution in [0.1, 0.15) is 15.9 Å². The molecule has 0 bridgehead atoms. The first-order valence-electron chi connectivity index (χ1n) is 5.87. The molecule has 0 aromatic heterocycles. The minimum absolute atomic E-state index is 0.0466. The molecule has 0 saturated carbocycles. The van der Waals surface area contributed by atoms with E-state index in [4.69, 9.17) is 0 Å². The topological polar surface area (TPSA) is 63.2 Å². The van der Waals surface area contributed by atoms with Crippen LogP contribution in [0.25, 0.3) is 0 Å². The van der Waals surface area contributed by atoms with Crippen LogP contribution in [0.2, 0.25) is 0 Å². The van der Waals surface area contributed by atoms with Crippen LogP contribution in [0.15, 0.2) is 41.3 Å². The third-order valence-electron chi connectivity index (χ3n) is 2.80. The molecule has 0 radical (unpaired) electrons. The maximum Gasteiger partial charge on any atom is 0.261 e. The van der Waals surface area contributed by atoms with E-state index in [1.165, 1.54) is 12.1 Å². The lowest BCUT2D eigenvalue weighted by Crippen LogP contribution is -2.14. The molecule has 2 aromatic carbocycles. The fraction of sp³-hybridized carbons (Fsp3) is 0.0714. The lowest BCUT2D eigenvalue weighted by Gasteiger charge is -2.10. The molecule has 2 rings (SSSR count). The highest BCUT2D eigenvalue weighted by Gasteiger charge is 2.17. The first-order valence-corrected chi connectivity index (χ1v) is 7.35. The minimum atomic E-state index is -3.99. The Morgan fingerprint density at radius 2 is 1.62 bits per heavy atom. The van der Waals surface area contributed by atoms with Crippen molar-refractivity contribution in [1.82, 2.24) is 0 Å². The standard InChI is InChI=1S/C14H11F2NO3S/c1-9-2-4-11(5-3-9)21(19,20)17-14-7-13(16)12(15)6-10(14)8-18/h2-8,17H,1H3. The molecule has 0 heterocycles. The molecule has 0 amide bonds. The molecular weight excluding hydrogens is 300 g/mol. The Bertz CT molecular complexity index is 787. The van der Waals surface area contributed by atoms with Crippen molar-refractivity contribution in [1.29, 1.82) is 0 Å². The third-order valence-corrected chi connectivity index (χ3v) is 4.18. The molecule has 21 heavy (non-hydrogen) atoms. The fourth-order valence-electron chi connectivity index (χ4n) is 1.67. The van der Waals surface area contributed by atoms with Gasteiger partial charge in [-0.25, -0.2) is 17.2 Å². The van der Waals surface area contributed by atoms with Gasteiger partial charge in [-0.15, -0.1) is 0 Å². The number of carbonyl (C=O) groups is 1. The lowest BCUT2D eigenvalue weighted by molar-refractivity contribution is 0.112. The zero-order valence-corrected chi connectivity index (χ0v) is 11.7. The van der Waals surface area contributed by atoms with Crippen LogP contribution in [-0.2, 0) is 10.0 Å². The second-order valence-electron chi connectivity index (χ2n) is 4.39. The summed E-state index contributed by atoms with van der Waals surface area (Å²) in [6.45, 7) is 1.80. The zero-order chi connectivity index (χ0) is 15.6. The molecule has 110 valence electrons. The predicted molar refractivity (Wildman–Crippen MR) is 73.7 cm³/mol. The normalized spacial score (nSPS) is 11.2. The fourth-order valence-corrected chi connectivity index (χ4v) is 2.75. The number of rotatable bonds is 4. The van der Waals surface area contributed by atoms with Crippen LogP contribution in [0.4, 0.5) is 14.5 Å². The van der Waals surface area contributed by atoms with Gasteiger partial charge in [0.05, 0.1) is 10.6 Å². The molecule has 0 fully saturated rings. The average Bonchev–Trinajstić information content (AvgIpc) is 2.42. The van der Waals surface area contributed by atoms with E-state index in [1.54, 1.807) is 19.1 Å². The monoisotopic (exact) mass is 311 g/mol. The van der Waals surface area contributed by atoms with Gasteiger partial charge in [-0.1, -0.05) is 17.7 Å². The second-order valence-corrected chi connectivity index (χ2v) is 6.07. The molecule has 0 aliphatic rings. The number of sulfonamides is 1. The number of nitrogens with one attached hydrogen (secondary N) is 1. The van der Waals surface area contributed by atoms with Crippen LogP contribution in [0.5, 0.6) is 0 Å². The van der Waals surface area contributed by atoms with Crippen molar-refractivity contribution in [2.75, 3.05) is 4.72 Å². The summed E-state index contributed by atoms with van der Waals surface area (Å²) in [5, 5.41) is 0. The lowest BCUT2D eigenvalue weighted by atomic mass is 10.2. The Morgan fingerprint density at radius 1 is 1.05 bits per heavy atom. The predicted octanol–water partition coefficient (Wildman–Crippen LogP) is 2.89. The molecular formula is C14H11F2NO3S. The van der Waals surface area contributed by atoms with Gasteiger partial charge < -0.3 is 0 Å². The van der Waals surface area contributed by atoms with E-state index in [9.17, 15) is 22.0 Å². The highest BCUT2D eigenvalue weighted by Crippen LogP contribution is 2.22. The van der Waals surface area contributed by atoms with Crippen molar-refractivity contribution in [2.24, 2.45) is 0 Å². The van der Waals surface area contributed by atoms with Crippen molar-refractivity contribution >= 4 is 22.0 Å². The Hall–Kier alpha value is -2.28. The van der Waals surface area contributed by atoms with Crippen molar-refractivity contribution in [2.45, 2.75) is 11.8 Å². The summed E-state index contributed by atoms with van der Waals surface area (Å²) >= 11 is 0. The first kappa shape index (κ1) is 15.1. The molecule has 2 aromatic rings. The summed E-state index contributed by atoms with van der Waals surface area (Å²) in [6.07, 6.45) is 0.246. The number of benzene rings is 2. The second kappa shape index (κ2) is 5.61. The van der Waals surface area contributed by atoms with E-state index in [0.29, 0.717) is 12.1 Å². The molecule has 0 saturated heterocycles. The maximum atomic E-state index is 13.2. The number of aldehydes is 1. The van der Waals surface area contributed by atoms with Crippen LogP contribution < -0.4 is 4.72 Å². The summed E-state index contributed by atoms with van der Waals surface area (Å²) in [5.41, 5.74) is 0.268. The summed E-state index contributed by atoms with van der Waals surface area (Å²) < 4.78 is 52.6. The average molecular weight is 311 g/mol. The Labute approximate surface area is 120 Å². The van der Waals surface area contributed by atoms with Gasteiger partial charge in [0.1, 0.15) is 0 Å². The van der Waals surface area contributed by atoms with Gasteiger partial charge in [0.2, 0.25) is 0 Å². The summed E-state index contributed by atoms with van der Waals surface area (Å²) in [5.74, 6) is -2.47. The molecule has 1 N–H and O–H groups in total. The summed E-state index contributed by atoms with van der Waals surface area (Å²) in [6, 6.07) is 7.21. The smallest absolute Gasteiger partial charge is 0.261 e. The maximum absolute atomic E-state index is 13.2. The van der Waals surface area contributed by atoms with E-state index in [0.717, 1.165) is 5.56 Å². The van der Waals surface area contributed by atoms with Gasteiger partial charge in [-0.3, -0.25) is 9.52 Å². The molecule has 4 nitrogen and oxygen atoms in total. The highest BCUT2D eigenvalue weighted by atomic mass is 32.2. The van der Waals surface area contributed by atoms with Gasteiger partial charge >= 0.3 is 0 Å². The Balaban J connectivity index is 2.43. The number of carbonyl (C=O) groups excluding carboxylic acids is 1. The summed E-state index contributed by atoms with van der Waals surface area (Å²) in [7, 11) is -3.99. The molecule has 0 aliphatic carbocycles. The molecule has 0 spiro atoms. The first-order chi connectivity index (χ1) is 9.83. The van der Waals surface area contributed by atoms with Crippen molar-refractivity contribution in [3.8, 4) is 0 Å². The van der Waals surface area contributed by atoms with E-state index in [-0.39, 0.29) is 22.4 Å². The van der Waals surface area contributed by atoms with Crippen LogP contribution >= 0.6 is 0 Å². The molecule has 0 aliphatic heterocycles. The van der Waals surface area contributed by atoms with E-state index < -0.39 is 21.7 Å². The van der Waals surface area contributed by atoms with Crippen molar-refractivity contribution in [3.05, 3.63) is 59.2 Å². The Kier molecular flexibility index (Phi) is 4.04. The molecule has 0 unspecified atom stereocenters. The molecule has 0 atom stereocenters. The van der Waals surface area contributed by atoms with E-state index in [1.807, 2.05) is 0 Å². The van der Waals surface area contributed by atoms with Gasteiger partial charge in [-0.2, -0.15) is 0 Å². The number of hydrogen-bond acceptors (Lipinski definition) is 3. The Morgan fingerprint density at radius 3 is 2.19 bits per heavy atom. The summed E-state index contributed by atoms with van der Waals surface area (Å²) in [4.78, 5) is 10.8. The third kappa shape index (κ3) is 3.25. The quantitative estimate of drug-likeness (QED) is 0.883. The van der Waals surface area contributed by atoms with Crippen molar-refractivity contribution < 1.29 is 22.0 Å². The highest BCUT2D eigenvalue weighted by molar-refractivity contribution is 7.92.